The van der Waals surface area contributed by atoms with Gasteiger partial charge in [0.2, 0.25) is 5.91 Å². The van der Waals surface area contributed by atoms with E-state index in [9.17, 15) is 33.0 Å². The first-order valence-corrected chi connectivity index (χ1v) is 15.5. The summed E-state index contributed by atoms with van der Waals surface area (Å²) in [5.41, 5.74) is -1.10. The van der Waals surface area contributed by atoms with Crippen LogP contribution in [0.15, 0.2) is 42.6 Å². The highest BCUT2D eigenvalue weighted by molar-refractivity contribution is 5.96. The topological polar surface area (TPSA) is 109 Å². The van der Waals surface area contributed by atoms with Crippen LogP contribution in [0.25, 0.3) is 0 Å². The fraction of sp³-hybridized carbons (Fsp3) is 0.594. The Kier molecular flexibility index (Phi) is 8.13. The summed E-state index contributed by atoms with van der Waals surface area (Å²) in [6.45, 7) is 4.34. The molecule has 6 rings (SSSR count). The standard InChI is InChI=1S/C32H40F3N5O4/c1-30(43)13-16-38(20-30)24-5-6-27(36-18-24)31(44)11-7-23(8-12-31)39-14-9-26-25(39)10-15-40(26)28(41)19-37-29(42)21-3-2-4-22(17-21)32(33,34)35/h2-6,17-18,23,25-26,43-44H,7-16,19-20H2,1H3,(H,37,42)/t23?,25-,26-,30+,31?/m0/s1. The molecule has 44 heavy (non-hydrogen) atoms. The molecule has 3 aliphatic heterocycles. The van der Waals surface area contributed by atoms with Gasteiger partial charge in [-0.3, -0.25) is 19.5 Å². The van der Waals surface area contributed by atoms with Crippen LogP contribution in [0.4, 0.5) is 18.9 Å². The quantitative estimate of drug-likeness (QED) is 0.458. The van der Waals surface area contributed by atoms with Crippen LogP contribution in [-0.2, 0) is 16.6 Å². The Labute approximate surface area is 255 Å². The van der Waals surface area contributed by atoms with E-state index in [2.05, 4.69) is 20.1 Å². The minimum absolute atomic E-state index is 0.0364. The number of likely N-dealkylation sites (tertiary alicyclic amines) is 2. The third kappa shape index (κ3) is 6.16. The molecule has 3 N–H and O–H groups in total. The number of carbonyl (C=O) groups excluding carboxylic acids is 2. The minimum atomic E-state index is -4.55. The molecule has 0 unspecified atom stereocenters. The van der Waals surface area contributed by atoms with Crippen LogP contribution >= 0.6 is 0 Å². The number of pyridine rings is 1. The molecule has 1 aliphatic carbocycles. The van der Waals surface area contributed by atoms with Gasteiger partial charge in [0.1, 0.15) is 5.60 Å². The summed E-state index contributed by atoms with van der Waals surface area (Å²) in [6, 6.07) is 8.60. The van der Waals surface area contributed by atoms with Crippen molar-refractivity contribution in [1.29, 1.82) is 0 Å². The predicted molar refractivity (Wildman–Crippen MR) is 157 cm³/mol. The van der Waals surface area contributed by atoms with Crippen molar-refractivity contribution < 1.29 is 33.0 Å². The first kappa shape index (κ1) is 30.8. The number of nitrogens with one attached hydrogen (secondary N) is 1. The molecular weight excluding hydrogens is 575 g/mol. The van der Waals surface area contributed by atoms with Crippen molar-refractivity contribution >= 4 is 17.5 Å². The second-order valence-corrected chi connectivity index (χ2v) is 13.1. The van der Waals surface area contributed by atoms with E-state index in [1.807, 2.05) is 24.0 Å². The Bertz CT molecular complexity index is 1380. The zero-order valence-corrected chi connectivity index (χ0v) is 24.9. The maximum Gasteiger partial charge on any atom is 0.416 e. The van der Waals surface area contributed by atoms with Gasteiger partial charge in [-0.1, -0.05) is 6.07 Å². The number of anilines is 1. The van der Waals surface area contributed by atoms with E-state index in [-0.39, 0.29) is 30.1 Å². The Morgan fingerprint density at radius 3 is 2.41 bits per heavy atom. The van der Waals surface area contributed by atoms with E-state index in [1.54, 1.807) is 6.20 Å². The molecule has 2 amide bonds. The molecule has 0 radical (unpaired) electrons. The maximum absolute atomic E-state index is 13.1. The molecule has 12 heteroatoms. The van der Waals surface area contributed by atoms with Gasteiger partial charge < -0.3 is 25.3 Å². The van der Waals surface area contributed by atoms with E-state index in [4.69, 9.17) is 0 Å². The van der Waals surface area contributed by atoms with Gasteiger partial charge in [-0.25, -0.2) is 0 Å². The van der Waals surface area contributed by atoms with Crippen molar-refractivity contribution in [3.63, 3.8) is 0 Å². The van der Waals surface area contributed by atoms with Gasteiger partial charge in [-0.15, -0.1) is 0 Å². The first-order chi connectivity index (χ1) is 20.8. The smallest absolute Gasteiger partial charge is 0.388 e. The average Bonchev–Trinajstić information content (AvgIpc) is 3.71. The molecule has 4 aliphatic rings. The summed E-state index contributed by atoms with van der Waals surface area (Å²) in [4.78, 5) is 36.6. The van der Waals surface area contributed by atoms with Gasteiger partial charge in [0.15, 0.2) is 0 Å². The van der Waals surface area contributed by atoms with Crippen molar-refractivity contribution in [3.05, 3.63) is 59.4 Å². The van der Waals surface area contributed by atoms with Crippen molar-refractivity contribution in [1.82, 2.24) is 20.1 Å². The molecule has 1 aromatic carbocycles. The minimum Gasteiger partial charge on any atom is -0.388 e. The molecule has 1 saturated carbocycles. The number of hydrogen-bond donors (Lipinski definition) is 3. The van der Waals surface area contributed by atoms with E-state index < -0.39 is 28.8 Å². The monoisotopic (exact) mass is 615 g/mol. The lowest BCUT2D eigenvalue weighted by molar-refractivity contribution is -0.137. The van der Waals surface area contributed by atoms with Crippen LogP contribution in [0, 0.1) is 0 Å². The van der Waals surface area contributed by atoms with Crippen LogP contribution in [0.5, 0.6) is 0 Å². The molecule has 0 bridgehead atoms. The van der Waals surface area contributed by atoms with E-state index in [0.29, 0.717) is 44.1 Å². The van der Waals surface area contributed by atoms with Gasteiger partial charge >= 0.3 is 6.18 Å². The number of fused-ring (bicyclic) bond motifs is 1. The van der Waals surface area contributed by atoms with Crippen LogP contribution in [0.3, 0.4) is 0 Å². The predicted octanol–water partition coefficient (Wildman–Crippen LogP) is 3.30. The molecular formula is C32H40F3N5O4. The first-order valence-electron chi connectivity index (χ1n) is 15.5. The Morgan fingerprint density at radius 2 is 1.75 bits per heavy atom. The lowest BCUT2D eigenvalue weighted by Gasteiger charge is -2.41. The van der Waals surface area contributed by atoms with Crippen molar-refractivity contribution in [2.75, 3.05) is 37.6 Å². The third-order valence-electron chi connectivity index (χ3n) is 10.1. The van der Waals surface area contributed by atoms with E-state index >= 15 is 0 Å². The highest BCUT2D eigenvalue weighted by Gasteiger charge is 2.48. The SMILES string of the molecule is C[C@@]1(O)CCN(c2ccc(C3(O)CCC(N4CC[C@H]5[C@@H]4CCN5C(=O)CNC(=O)c4cccc(C(F)(F)F)c4)CC3)nc2)C1. The lowest BCUT2D eigenvalue weighted by atomic mass is 9.79. The summed E-state index contributed by atoms with van der Waals surface area (Å²) < 4.78 is 39.1. The highest BCUT2D eigenvalue weighted by Crippen LogP contribution is 2.42. The normalized spacial score (nSPS) is 30.9. The second-order valence-electron chi connectivity index (χ2n) is 13.1. The van der Waals surface area contributed by atoms with Gasteiger partial charge in [0.25, 0.3) is 5.91 Å². The Morgan fingerprint density at radius 1 is 1.00 bits per heavy atom. The average molecular weight is 616 g/mol. The number of rotatable bonds is 6. The van der Waals surface area contributed by atoms with E-state index in [0.717, 1.165) is 56.6 Å². The van der Waals surface area contributed by atoms with E-state index in [1.165, 1.54) is 12.1 Å². The molecule has 4 fully saturated rings. The number of alkyl halides is 3. The number of carbonyl (C=O) groups is 2. The van der Waals surface area contributed by atoms with Crippen LogP contribution in [0.2, 0.25) is 0 Å². The molecule has 2 aromatic rings. The molecule has 0 spiro atoms. The number of aromatic nitrogens is 1. The lowest BCUT2D eigenvalue weighted by Crippen LogP contribution is -2.47. The largest absolute Gasteiger partial charge is 0.416 e. The number of hydrogen-bond acceptors (Lipinski definition) is 7. The van der Waals surface area contributed by atoms with Gasteiger partial charge in [0, 0.05) is 49.9 Å². The highest BCUT2D eigenvalue weighted by atomic mass is 19.4. The fourth-order valence-corrected chi connectivity index (χ4v) is 7.66. The number of halogens is 3. The molecule has 3 saturated heterocycles. The molecule has 9 nitrogen and oxygen atoms in total. The molecule has 1 aromatic heterocycles. The van der Waals surface area contributed by atoms with Crippen molar-refractivity contribution in [2.24, 2.45) is 0 Å². The summed E-state index contributed by atoms with van der Waals surface area (Å²) in [5, 5.41) is 24.3. The molecule has 3 atom stereocenters. The zero-order valence-electron chi connectivity index (χ0n) is 24.9. The third-order valence-corrected chi connectivity index (χ3v) is 10.1. The van der Waals surface area contributed by atoms with Gasteiger partial charge in [-0.2, -0.15) is 13.2 Å². The number of nitrogens with zero attached hydrogens (tertiary/aromatic N) is 4. The van der Waals surface area contributed by atoms with Gasteiger partial charge in [0.05, 0.1) is 35.3 Å². The molecule has 4 heterocycles. The molecule has 238 valence electrons. The second kappa shape index (κ2) is 11.6. The zero-order chi connectivity index (χ0) is 31.3. The van der Waals surface area contributed by atoms with Gasteiger partial charge in [-0.05, 0) is 82.2 Å². The Hall–Kier alpha value is -3.22. The summed E-state index contributed by atoms with van der Waals surface area (Å²) >= 11 is 0. The summed E-state index contributed by atoms with van der Waals surface area (Å²) in [5.74, 6) is -0.943. The van der Waals surface area contributed by atoms with Crippen molar-refractivity contribution in [3.8, 4) is 0 Å². The number of amides is 2. The number of benzene rings is 1. The Balaban J connectivity index is 1.00. The van der Waals surface area contributed by atoms with Crippen LogP contribution in [0.1, 0.15) is 73.5 Å². The summed E-state index contributed by atoms with van der Waals surface area (Å²) in [7, 11) is 0. The number of β-amino-alcohol motifs (C(OH)–C–C–N with tert-alkyl or cyclic N) is 1. The maximum atomic E-state index is 13.1. The number of aliphatic hydroxyl groups is 2. The van der Waals surface area contributed by atoms with Crippen LogP contribution in [-0.4, -0.2) is 93.3 Å². The fourth-order valence-electron chi connectivity index (χ4n) is 7.66. The van der Waals surface area contributed by atoms with Crippen LogP contribution < -0.4 is 10.2 Å². The summed E-state index contributed by atoms with van der Waals surface area (Å²) in [6.07, 6.45) is 2.43. The van der Waals surface area contributed by atoms with Crippen molar-refractivity contribution in [2.45, 2.75) is 87.4 Å².